The molecule has 0 saturated heterocycles. The molecule has 5 heteroatoms. The van der Waals surface area contributed by atoms with Crippen LogP contribution in [0.1, 0.15) is 31.9 Å². The smallest absolute Gasteiger partial charge is 0.242 e. The molecule has 1 N–H and O–H groups in total. The number of aliphatic hydroxyl groups excluding tert-OH is 1. The van der Waals surface area contributed by atoms with Crippen molar-refractivity contribution in [2.45, 2.75) is 32.4 Å². The Kier molecular flexibility index (Phi) is 4.90. The Balaban J connectivity index is 2.81. The summed E-state index contributed by atoms with van der Waals surface area (Å²) >= 11 is 0. The Morgan fingerprint density at radius 1 is 1.35 bits per heavy atom. The van der Waals surface area contributed by atoms with E-state index in [0.717, 1.165) is 0 Å². The summed E-state index contributed by atoms with van der Waals surface area (Å²) in [5, 5.41) is 20.6. The zero-order valence-electron chi connectivity index (χ0n) is 10.00. The fourth-order valence-corrected chi connectivity index (χ4v) is 1.64. The van der Waals surface area contributed by atoms with Crippen LogP contribution < -0.4 is 4.74 Å². The predicted octanol–water partition coefficient (Wildman–Crippen LogP) is 2.17. The molecule has 0 aliphatic carbocycles. The van der Waals surface area contributed by atoms with Crippen molar-refractivity contribution in [2.24, 2.45) is 0 Å². The molecular weight excluding hydrogens is 222 g/mol. The van der Waals surface area contributed by atoms with Crippen LogP contribution in [-0.4, -0.2) is 22.7 Å². The molecule has 0 aliphatic rings. The first-order valence-corrected chi connectivity index (χ1v) is 5.64. The molecule has 0 saturated carbocycles. The highest BCUT2D eigenvalue weighted by molar-refractivity contribution is 5.28. The van der Waals surface area contributed by atoms with Gasteiger partial charge in [-0.25, -0.2) is 0 Å². The SMILES string of the molecule is CCOc1ccc(C(O)C(CC)[N+](=O)[O-])cc1. The monoisotopic (exact) mass is 239 g/mol. The summed E-state index contributed by atoms with van der Waals surface area (Å²) in [6.07, 6.45) is -0.785. The van der Waals surface area contributed by atoms with Gasteiger partial charge in [0.25, 0.3) is 0 Å². The van der Waals surface area contributed by atoms with E-state index in [1.165, 1.54) is 0 Å². The van der Waals surface area contributed by atoms with E-state index in [1.54, 1.807) is 31.2 Å². The summed E-state index contributed by atoms with van der Waals surface area (Å²) < 4.78 is 5.26. The molecule has 0 bridgehead atoms. The van der Waals surface area contributed by atoms with Crippen LogP contribution in [-0.2, 0) is 0 Å². The van der Waals surface area contributed by atoms with Gasteiger partial charge in [-0.1, -0.05) is 19.1 Å². The van der Waals surface area contributed by atoms with Crippen LogP contribution in [0.4, 0.5) is 0 Å². The molecule has 5 nitrogen and oxygen atoms in total. The van der Waals surface area contributed by atoms with Gasteiger partial charge in [0.1, 0.15) is 11.9 Å². The number of benzene rings is 1. The maximum Gasteiger partial charge on any atom is 0.242 e. The number of rotatable bonds is 6. The van der Waals surface area contributed by atoms with Gasteiger partial charge < -0.3 is 9.84 Å². The molecule has 2 unspecified atom stereocenters. The topological polar surface area (TPSA) is 72.6 Å². The second-order valence-electron chi connectivity index (χ2n) is 3.71. The molecule has 0 spiro atoms. The van der Waals surface area contributed by atoms with Crippen molar-refractivity contribution < 1.29 is 14.8 Å². The number of hydrogen-bond acceptors (Lipinski definition) is 4. The summed E-state index contributed by atoms with van der Waals surface area (Å²) in [7, 11) is 0. The van der Waals surface area contributed by atoms with Gasteiger partial charge in [-0.3, -0.25) is 10.1 Å². The fourth-order valence-electron chi connectivity index (χ4n) is 1.64. The second kappa shape index (κ2) is 6.20. The van der Waals surface area contributed by atoms with Gasteiger partial charge in [0, 0.05) is 11.3 Å². The molecule has 94 valence electrons. The average Bonchev–Trinajstić information content (AvgIpc) is 2.30. The Hall–Kier alpha value is -1.62. The summed E-state index contributed by atoms with van der Waals surface area (Å²) in [6, 6.07) is 5.75. The minimum atomic E-state index is -1.08. The van der Waals surface area contributed by atoms with Crippen molar-refractivity contribution in [2.75, 3.05) is 6.61 Å². The van der Waals surface area contributed by atoms with E-state index in [1.807, 2.05) is 6.92 Å². The molecule has 2 atom stereocenters. The van der Waals surface area contributed by atoms with E-state index in [4.69, 9.17) is 4.74 Å². The van der Waals surface area contributed by atoms with Crippen LogP contribution >= 0.6 is 0 Å². The minimum absolute atomic E-state index is 0.293. The van der Waals surface area contributed by atoms with Gasteiger partial charge in [-0.15, -0.1) is 0 Å². The third-order valence-corrected chi connectivity index (χ3v) is 2.59. The lowest BCUT2D eigenvalue weighted by Gasteiger charge is -2.15. The fraction of sp³-hybridized carbons (Fsp3) is 0.500. The van der Waals surface area contributed by atoms with Gasteiger partial charge in [0.2, 0.25) is 6.04 Å². The summed E-state index contributed by atoms with van der Waals surface area (Å²) in [4.78, 5) is 10.3. The number of aliphatic hydroxyl groups is 1. The van der Waals surface area contributed by atoms with Crippen molar-refractivity contribution in [3.63, 3.8) is 0 Å². The van der Waals surface area contributed by atoms with Crippen LogP contribution in [0.25, 0.3) is 0 Å². The largest absolute Gasteiger partial charge is 0.494 e. The predicted molar refractivity (Wildman–Crippen MR) is 63.6 cm³/mol. The maximum atomic E-state index is 10.7. The first-order valence-electron chi connectivity index (χ1n) is 5.64. The lowest BCUT2D eigenvalue weighted by Crippen LogP contribution is -2.26. The highest BCUT2D eigenvalue weighted by Crippen LogP contribution is 2.23. The lowest BCUT2D eigenvalue weighted by molar-refractivity contribution is -0.536. The number of ether oxygens (including phenoxy) is 1. The normalized spacial score (nSPS) is 14.1. The van der Waals surface area contributed by atoms with Crippen LogP contribution in [0, 0.1) is 10.1 Å². The van der Waals surface area contributed by atoms with Crippen molar-refractivity contribution in [1.82, 2.24) is 0 Å². The van der Waals surface area contributed by atoms with Crippen molar-refractivity contribution in [3.05, 3.63) is 39.9 Å². The van der Waals surface area contributed by atoms with E-state index < -0.39 is 17.1 Å². The van der Waals surface area contributed by atoms with Crippen LogP contribution in [0.2, 0.25) is 0 Å². The molecule has 0 radical (unpaired) electrons. The summed E-state index contributed by atoms with van der Waals surface area (Å²) in [5.74, 6) is 0.692. The minimum Gasteiger partial charge on any atom is -0.494 e. The van der Waals surface area contributed by atoms with E-state index in [0.29, 0.717) is 24.3 Å². The average molecular weight is 239 g/mol. The Morgan fingerprint density at radius 2 is 1.94 bits per heavy atom. The summed E-state index contributed by atoms with van der Waals surface area (Å²) in [6.45, 7) is 4.13. The van der Waals surface area contributed by atoms with Gasteiger partial charge >= 0.3 is 0 Å². The van der Waals surface area contributed by atoms with Gasteiger partial charge in [0.05, 0.1) is 6.61 Å². The van der Waals surface area contributed by atoms with Crippen molar-refractivity contribution in [1.29, 1.82) is 0 Å². The Bertz CT molecular complexity index is 363. The molecule has 0 amide bonds. The van der Waals surface area contributed by atoms with E-state index in [-0.39, 0.29) is 0 Å². The molecule has 1 aromatic rings. The molecule has 0 aliphatic heterocycles. The molecular formula is C12H17NO4. The van der Waals surface area contributed by atoms with Gasteiger partial charge in [-0.05, 0) is 24.6 Å². The van der Waals surface area contributed by atoms with Crippen LogP contribution in [0.5, 0.6) is 5.75 Å². The zero-order valence-corrected chi connectivity index (χ0v) is 10.00. The molecule has 1 aromatic carbocycles. The third-order valence-electron chi connectivity index (χ3n) is 2.59. The van der Waals surface area contributed by atoms with E-state index in [9.17, 15) is 15.2 Å². The quantitative estimate of drug-likeness (QED) is 0.610. The molecule has 0 heterocycles. The highest BCUT2D eigenvalue weighted by Gasteiger charge is 2.28. The van der Waals surface area contributed by atoms with Crippen LogP contribution in [0.15, 0.2) is 24.3 Å². The molecule has 1 rings (SSSR count). The van der Waals surface area contributed by atoms with Crippen LogP contribution in [0.3, 0.4) is 0 Å². The second-order valence-corrected chi connectivity index (χ2v) is 3.71. The lowest BCUT2D eigenvalue weighted by atomic mass is 10.0. The van der Waals surface area contributed by atoms with Crippen molar-refractivity contribution >= 4 is 0 Å². The summed E-state index contributed by atoms with van der Waals surface area (Å²) in [5.41, 5.74) is 0.539. The third kappa shape index (κ3) is 3.42. The maximum absolute atomic E-state index is 10.7. The zero-order chi connectivity index (χ0) is 12.8. The number of nitrogens with zero attached hydrogens (tertiary/aromatic N) is 1. The highest BCUT2D eigenvalue weighted by atomic mass is 16.6. The number of hydrogen-bond donors (Lipinski definition) is 1. The van der Waals surface area contributed by atoms with E-state index >= 15 is 0 Å². The van der Waals surface area contributed by atoms with Gasteiger partial charge in [0.15, 0.2) is 0 Å². The van der Waals surface area contributed by atoms with Crippen molar-refractivity contribution in [3.8, 4) is 5.75 Å². The molecule has 0 aromatic heterocycles. The first-order chi connectivity index (χ1) is 8.10. The van der Waals surface area contributed by atoms with Gasteiger partial charge in [-0.2, -0.15) is 0 Å². The van der Waals surface area contributed by atoms with E-state index in [2.05, 4.69) is 0 Å². The first kappa shape index (κ1) is 13.4. The molecule has 17 heavy (non-hydrogen) atoms. The Morgan fingerprint density at radius 3 is 2.35 bits per heavy atom. The number of nitro groups is 1. The standard InChI is InChI=1S/C12H17NO4/c1-3-11(13(15)16)12(14)9-5-7-10(8-6-9)17-4-2/h5-8,11-12,14H,3-4H2,1-2H3. The molecule has 0 fully saturated rings. The Labute approximate surface area is 100 Å².